The summed E-state index contributed by atoms with van der Waals surface area (Å²) in [6.45, 7) is 13.3. The van der Waals surface area contributed by atoms with Gasteiger partial charge in [-0.15, -0.1) is 29.9 Å². The van der Waals surface area contributed by atoms with Gasteiger partial charge in [-0.1, -0.05) is 18.2 Å². The molecule has 3 heterocycles. The minimum absolute atomic E-state index is 0. The van der Waals surface area contributed by atoms with E-state index < -0.39 is 0 Å². The summed E-state index contributed by atoms with van der Waals surface area (Å²) in [5.74, 6) is 0.906. The molecule has 0 amide bonds. The molecule has 2 saturated heterocycles. The second kappa shape index (κ2) is 11.8. The predicted molar refractivity (Wildman–Crippen MR) is 126 cm³/mol. The van der Waals surface area contributed by atoms with Crippen LogP contribution in [0.4, 0.5) is 5.69 Å². The van der Waals surface area contributed by atoms with Crippen LogP contribution in [-0.2, 0) is 6.54 Å². The zero-order valence-corrected chi connectivity index (χ0v) is 19.7. The van der Waals surface area contributed by atoms with E-state index in [4.69, 9.17) is 0 Å². The first-order valence-corrected chi connectivity index (χ1v) is 10.7. The SMILES string of the molecule is Cc1ccccc1N1CCN(C2CCCN(CCCn3nnnc3C)C2)CC1.Cl.Cl. The highest BCUT2D eigenvalue weighted by molar-refractivity contribution is 5.85. The highest BCUT2D eigenvalue weighted by Crippen LogP contribution is 2.23. The molecule has 2 aliphatic heterocycles. The Kier molecular flexibility index (Phi) is 9.81. The van der Waals surface area contributed by atoms with Crippen LogP contribution in [-0.4, -0.2) is 81.9 Å². The van der Waals surface area contributed by atoms with E-state index in [9.17, 15) is 0 Å². The molecule has 4 rings (SSSR count). The number of tetrazole rings is 1. The summed E-state index contributed by atoms with van der Waals surface area (Å²) >= 11 is 0. The van der Waals surface area contributed by atoms with E-state index in [2.05, 4.69) is 61.4 Å². The van der Waals surface area contributed by atoms with Crippen LogP contribution in [0.2, 0.25) is 0 Å². The molecule has 1 aromatic heterocycles. The maximum absolute atomic E-state index is 4.05. The highest BCUT2D eigenvalue weighted by atomic mass is 35.5. The fourth-order valence-electron chi connectivity index (χ4n) is 4.68. The number of aryl methyl sites for hydroxylation is 3. The molecule has 1 atom stereocenters. The lowest BCUT2D eigenvalue weighted by molar-refractivity contribution is 0.0911. The molecule has 0 bridgehead atoms. The minimum Gasteiger partial charge on any atom is -0.369 e. The maximum atomic E-state index is 4.05. The van der Waals surface area contributed by atoms with Gasteiger partial charge in [0.15, 0.2) is 0 Å². The number of nitrogens with zero attached hydrogens (tertiary/aromatic N) is 7. The van der Waals surface area contributed by atoms with E-state index in [1.165, 1.54) is 50.3 Å². The standard InChI is InChI=1S/C21H33N7.2ClH/c1-18-7-3-4-9-21(18)27-15-13-26(14-16-27)20-8-5-10-25(17-20)11-6-12-28-19(2)22-23-24-28;;/h3-4,7,9,20H,5-6,8,10-17H2,1-2H3;2*1H. The van der Waals surface area contributed by atoms with Gasteiger partial charge in [0, 0.05) is 51.0 Å². The van der Waals surface area contributed by atoms with Gasteiger partial charge in [0.05, 0.1) is 0 Å². The first-order valence-electron chi connectivity index (χ1n) is 10.7. The number of halogens is 2. The van der Waals surface area contributed by atoms with Gasteiger partial charge in [0.1, 0.15) is 5.82 Å². The lowest BCUT2D eigenvalue weighted by atomic mass is 10.0. The molecule has 0 N–H and O–H groups in total. The van der Waals surface area contributed by atoms with Gasteiger partial charge < -0.3 is 9.80 Å². The first-order chi connectivity index (χ1) is 13.7. The topological polar surface area (TPSA) is 53.3 Å². The number of hydrogen-bond donors (Lipinski definition) is 0. The van der Waals surface area contributed by atoms with Gasteiger partial charge in [-0.05, 0) is 68.3 Å². The number of hydrogen-bond acceptors (Lipinski definition) is 6. The van der Waals surface area contributed by atoms with E-state index in [1.807, 2.05) is 11.6 Å². The smallest absolute Gasteiger partial charge is 0.148 e. The average molecular weight is 456 g/mol. The van der Waals surface area contributed by atoms with Crippen LogP contribution in [0, 0.1) is 13.8 Å². The van der Waals surface area contributed by atoms with Crippen molar-refractivity contribution >= 4 is 30.5 Å². The van der Waals surface area contributed by atoms with Gasteiger partial charge in [-0.2, -0.15) is 0 Å². The number of benzene rings is 1. The molecular weight excluding hydrogens is 421 g/mol. The van der Waals surface area contributed by atoms with Crippen molar-refractivity contribution in [2.75, 3.05) is 50.7 Å². The van der Waals surface area contributed by atoms with Crippen LogP contribution in [0.1, 0.15) is 30.7 Å². The Bertz CT molecular complexity index is 761. The number of piperazine rings is 1. The molecule has 0 spiro atoms. The number of para-hydroxylation sites is 1. The van der Waals surface area contributed by atoms with Crippen LogP contribution < -0.4 is 4.90 Å². The Morgan fingerprint density at radius 1 is 0.967 bits per heavy atom. The summed E-state index contributed by atoms with van der Waals surface area (Å²) in [5.41, 5.74) is 2.79. The molecule has 0 saturated carbocycles. The molecule has 0 radical (unpaired) electrons. The van der Waals surface area contributed by atoms with Crippen molar-refractivity contribution in [3.63, 3.8) is 0 Å². The van der Waals surface area contributed by atoms with Gasteiger partial charge in [0.25, 0.3) is 0 Å². The van der Waals surface area contributed by atoms with E-state index in [-0.39, 0.29) is 24.8 Å². The van der Waals surface area contributed by atoms with E-state index >= 15 is 0 Å². The molecule has 1 unspecified atom stereocenters. The van der Waals surface area contributed by atoms with Crippen molar-refractivity contribution in [2.24, 2.45) is 0 Å². The summed E-state index contributed by atoms with van der Waals surface area (Å²) in [4.78, 5) is 7.93. The Hall–Kier alpha value is -1.41. The Balaban J connectivity index is 0.00000160. The van der Waals surface area contributed by atoms with Gasteiger partial charge >= 0.3 is 0 Å². The van der Waals surface area contributed by atoms with Crippen LogP contribution >= 0.6 is 24.8 Å². The summed E-state index contributed by atoms with van der Waals surface area (Å²) in [6.07, 6.45) is 3.76. The molecule has 1 aromatic carbocycles. The molecule has 2 fully saturated rings. The molecule has 30 heavy (non-hydrogen) atoms. The zero-order valence-electron chi connectivity index (χ0n) is 18.1. The number of anilines is 1. The first kappa shape index (κ1) is 24.9. The van der Waals surface area contributed by atoms with Crippen LogP contribution in [0.3, 0.4) is 0 Å². The quantitative estimate of drug-likeness (QED) is 0.667. The second-order valence-corrected chi connectivity index (χ2v) is 8.21. The molecule has 7 nitrogen and oxygen atoms in total. The summed E-state index contributed by atoms with van der Waals surface area (Å²) < 4.78 is 1.91. The van der Waals surface area contributed by atoms with E-state index in [0.29, 0.717) is 6.04 Å². The van der Waals surface area contributed by atoms with Crippen molar-refractivity contribution in [1.29, 1.82) is 0 Å². The van der Waals surface area contributed by atoms with Gasteiger partial charge in [0.2, 0.25) is 0 Å². The van der Waals surface area contributed by atoms with Crippen molar-refractivity contribution in [3.8, 4) is 0 Å². The van der Waals surface area contributed by atoms with Crippen LogP contribution in [0.15, 0.2) is 24.3 Å². The second-order valence-electron chi connectivity index (χ2n) is 8.21. The van der Waals surface area contributed by atoms with E-state index in [0.717, 1.165) is 38.4 Å². The average Bonchev–Trinajstić information content (AvgIpc) is 3.14. The predicted octanol–water partition coefficient (Wildman–Crippen LogP) is 2.81. The van der Waals surface area contributed by atoms with Crippen LogP contribution in [0.5, 0.6) is 0 Å². The number of aromatic nitrogens is 4. The van der Waals surface area contributed by atoms with Crippen molar-refractivity contribution < 1.29 is 0 Å². The summed E-state index contributed by atoms with van der Waals surface area (Å²) in [7, 11) is 0. The van der Waals surface area contributed by atoms with Crippen molar-refractivity contribution in [2.45, 2.75) is 45.7 Å². The third-order valence-corrected chi connectivity index (χ3v) is 6.32. The third-order valence-electron chi connectivity index (χ3n) is 6.32. The molecule has 2 aliphatic rings. The lowest BCUT2D eigenvalue weighted by Gasteiger charge is -2.44. The number of rotatable bonds is 6. The van der Waals surface area contributed by atoms with Gasteiger partial charge in [-0.25, -0.2) is 4.68 Å². The monoisotopic (exact) mass is 455 g/mol. The Labute approximate surface area is 192 Å². The van der Waals surface area contributed by atoms with Crippen molar-refractivity contribution in [1.82, 2.24) is 30.0 Å². The fourth-order valence-corrected chi connectivity index (χ4v) is 4.68. The van der Waals surface area contributed by atoms with Crippen LogP contribution in [0.25, 0.3) is 0 Å². The molecular formula is C21H35Cl2N7. The molecule has 168 valence electrons. The minimum atomic E-state index is 0. The number of piperidine rings is 1. The maximum Gasteiger partial charge on any atom is 0.148 e. The molecule has 0 aliphatic carbocycles. The van der Waals surface area contributed by atoms with Crippen molar-refractivity contribution in [3.05, 3.63) is 35.7 Å². The largest absolute Gasteiger partial charge is 0.369 e. The molecule has 2 aromatic rings. The normalized spacial score (nSPS) is 20.5. The molecule has 9 heteroatoms. The number of likely N-dealkylation sites (tertiary alicyclic amines) is 1. The van der Waals surface area contributed by atoms with E-state index in [1.54, 1.807) is 0 Å². The fraction of sp³-hybridized carbons (Fsp3) is 0.667. The summed E-state index contributed by atoms with van der Waals surface area (Å²) in [6, 6.07) is 9.48. The van der Waals surface area contributed by atoms with Gasteiger partial charge in [-0.3, -0.25) is 4.90 Å². The zero-order chi connectivity index (χ0) is 19.3. The Morgan fingerprint density at radius 3 is 2.43 bits per heavy atom. The lowest BCUT2D eigenvalue weighted by Crippen LogP contribution is -2.55. The Morgan fingerprint density at radius 2 is 1.73 bits per heavy atom. The third kappa shape index (κ3) is 6.06. The summed E-state index contributed by atoms with van der Waals surface area (Å²) in [5, 5.41) is 11.7. The highest BCUT2D eigenvalue weighted by Gasteiger charge is 2.28.